The van der Waals surface area contributed by atoms with Crippen LogP contribution >= 0.6 is 0 Å². The van der Waals surface area contributed by atoms with E-state index in [2.05, 4.69) is 19.8 Å². The third kappa shape index (κ3) is 1.85. The summed E-state index contributed by atoms with van der Waals surface area (Å²) in [5, 5.41) is 8.47. The van der Waals surface area contributed by atoms with Gasteiger partial charge < -0.3 is 4.57 Å². The van der Waals surface area contributed by atoms with Crippen molar-refractivity contribution >= 4 is 11.8 Å². The van der Waals surface area contributed by atoms with Gasteiger partial charge in [0.25, 0.3) is 0 Å². The molecule has 1 aromatic heterocycles. The number of aliphatic imine (C=N–C) groups is 1. The number of nitrogens with zero attached hydrogens (tertiary/aromatic N) is 4. The number of carbonyl (C=O) groups excluding carboxylic acids is 1. The molecule has 0 atom stereocenters. The zero-order valence-electron chi connectivity index (χ0n) is 9.83. The Balaban J connectivity index is 1.99. The number of fused-ring (bicyclic) bond motifs is 1. The minimum Gasteiger partial charge on any atom is -0.311 e. The standard InChI is InChI=1S/C13H12N4O/c18-9-14-11-6-4-10(5-7-11)13-16-15-12-3-1-2-8-17(12)13/h4-7H,1-3,8H2. The van der Waals surface area contributed by atoms with Gasteiger partial charge in [-0.15, -0.1) is 10.2 Å². The summed E-state index contributed by atoms with van der Waals surface area (Å²) in [6, 6.07) is 7.37. The Morgan fingerprint density at radius 3 is 2.78 bits per heavy atom. The van der Waals surface area contributed by atoms with Gasteiger partial charge in [-0.3, -0.25) is 0 Å². The van der Waals surface area contributed by atoms with Crippen LogP contribution < -0.4 is 0 Å². The third-order valence-corrected chi connectivity index (χ3v) is 3.16. The van der Waals surface area contributed by atoms with E-state index in [1.807, 2.05) is 12.1 Å². The zero-order chi connectivity index (χ0) is 12.4. The Morgan fingerprint density at radius 2 is 2.00 bits per heavy atom. The lowest BCUT2D eigenvalue weighted by molar-refractivity contribution is 0.526. The molecule has 1 aliphatic heterocycles. The number of isocyanates is 1. The molecule has 0 saturated heterocycles. The van der Waals surface area contributed by atoms with E-state index in [9.17, 15) is 4.79 Å². The highest BCUT2D eigenvalue weighted by Crippen LogP contribution is 2.24. The van der Waals surface area contributed by atoms with Crippen molar-refractivity contribution in [3.05, 3.63) is 30.1 Å². The highest BCUT2D eigenvalue weighted by Gasteiger charge is 2.16. The minimum absolute atomic E-state index is 0.604. The molecule has 2 heterocycles. The van der Waals surface area contributed by atoms with E-state index in [0.717, 1.165) is 30.2 Å². The van der Waals surface area contributed by atoms with Gasteiger partial charge in [0.15, 0.2) is 5.82 Å². The molecule has 0 fully saturated rings. The van der Waals surface area contributed by atoms with Crippen LogP contribution in [0.5, 0.6) is 0 Å². The first kappa shape index (κ1) is 10.9. The smallest absolute Gasteiger partial charge is 0.240 e. The summed E-state index contributed by atoms with van der Waals surface area (Å²) in [4.78, 5) is 13.7. The first-order valence-electron chi connectivity index (χ1n) is 5.99. The van der Waals surface area contributed by atoms with E-state index in [1.54, 1.807) is 12.1 Å². The van der Waals surface area contributed by atoms with Gasteiger partial charge in [-0.05, 0) is 37.1 Å². The van der Waals surface area contributed by atoms with Crippen LogP contribution in [0.4, 0.5) is 5.69 Å². The molecular weight excluding hydrogens is 228 g/mol. The SMILES string of the molecule is O=C=Nc1ccc(-c2nnc3n2CCCC3)cc1. The first-order chi connectivity index (χ1) is 8.88. The Bertz CT molecular complexity index is 608. The summed E-state index contributed by atoms with van der Waals surface area (Å²) in [6.45, 7) is 0.978. The molecule has 3 rings (SSSR count). The van der Waals surface area contributed by atoms with Crippen LogP contribution in [0.15, 0.2) is 29.3 Å². The predicted octanol–water partition coefficient (Wildman–Crippen LogP) is 2.25. The van der Waals surface area contributed by atoms with Gasteiger partial charge in [-0.25, -0.2) is 4.79 Å². The van der Waals surface area contributed by atoms with Gasteiger partial charge in [-0.2, -0.15) is 4.99 Å². The van der Waals surface area contributed by atoms with Gasteiger partial charge in [0.1, 0.15) is 5.82 Å². The molecule has 0 bridgehead atoms. The van der Waals surface area contributed by atoms with Gasteiger partial charge in [0.05, 0.1) is 5.69 Å². The lowest BCUT2D eigenvalue weighted by Gasteiger charge is -2.14. The van der Waals surface area contributed by atoms with Crippen LogP contribution in [-0.4, -0.2) is 20.8 Å². The maximum atomic E-state index is 10.2. The molecule has 18 heavy (non-hydrogen) atoms. The largest absolute Gasteiger partial charge is 0.311 e. The fourth-order valence-electron chi connectivity index (χ4n) is 2.26. The minimum atomic E-state index is 0.604. The molecule has 0 spiro atoms. The second-order valence-electron chi connectivity index (χ2n) is 4.30. The van der Waals surface area contributed by atoms with E-state index < -0.39 is 0 Å². The fourth-order valence-corrected chi connectivity index (χ4v) is 2.26. The Labute approximate surface area is 104 Å². The number of hydrogen-bond donors (Lipinski definition) is 0. The summed E-state index contributed by atoms with van der Waals surface area (Å²) in [6.07, 6.45) is 4.89. The molecule has 1 aromatic carbocycles. The van der Waals surface area contributed by atoms with E-state index in [0.29, 0.717) is 5.69 Å². The van der Waals surface area contributed by atoms with Crippen molar-refractivity contribution in [3.8, 4) is 11.4 Å². The summed E-state index contributed by atoms with van der Waals surface area (Å²) in [5.74, 6) is 1.96. The van der Waals surface area contributed by atoms with E-state index in [1.165, 1.54) is 18.9 Å². The molecule has 0 amide bonds. The van der Waals surface area contributed by atoms with Gasteiger partial charge in [-0.1, -0.05) is 0 Å². The zero-order valence-corrected chi connectivity index (χ0v) is 9.83. The van der Waals surface area contributed by atoms with Crippen LogP contribution in [-0.2, 0) is 17.8 Å². The van der Waals surface area contributed by atoms with Gasteiger partial charge in [0, 0.05) is 18.5 Å². The summed E-state index contributed by atoms with van der Waals surface area (Å²) < 4.78 is 2.17. The maximum absolute atomic E-state index is 10.2. The van der Waals surface area contributed by atoms with Crippen molar-refractivity contribution in [2.45, 2.75) is 25.8 Å². The number of hydrogen-bond acceptors (Lipinski definition) is 4. The quantitative estimate of drug-likeness (QED) is 0.597. The molecule has 0 saturated carbocycles. The van der Waals surface area contributed by atoms with Crippen LogP contribution in [0.1, 0.15) is 18.7 Å². The lowest BCUT2D eigenvalue weighted by atomic mass is 10.1. The number of benzene rings is 1. The van der Waals surface area contributed by atoms with Crippen LogP contribution in [0, 0.1) is 0 Å². The number of aromatic nitrogens is 3. The predicted molar refractivity (Wildman–Crippen MR) is 66.2 cm³/mol. The Kier molecular flexibility index (Phi) is 2.74. The Morgan fingerprint density at radius 1 is 1.17 bits per heavy atom. The summed E-state index contributed by atoms with van der Waals surface area (Å²) in [7, 11) is 0. The molecule has 2 aromatic rings. The molecule has 1 aliphatic rings. The van der Waals surface area contributed by atoms with E-state index >= 15 is 0 Å². The van der Waals surface area contributed by atoms with Gasteiger partial charge >= 0.3 is 0 Å². The lowest BCUT2D eigenvalue weighted by Crippen LogP contribution is -2.11. The topological polar surface area (TPSA) is 60.1 Å². The summed E-state index contributed by atoms with van der Waals surface area (Å²) >= 11 is 0. The van der Waals surface area contributed by atoms with E-state index in [4.69, 9.17) is 0 Å². The second kappa shape index (κ2) is 4.55. The molecule has 0 unspecified atom stereocenters. The molecule has 90 valence electrons. The average molecular weight is 240 g/mol. The maximum Gasteiger partial charge on any atom is 0.240 e. The second-order valence-corrected chi connectivity index (χ2v) is 4.30. The molecule has 0 aliphatic carbocycles. The van der Waals surface area contributed by atoms with Crippen LogP contribution in [0.2, 0.25) is 0 Å². The average Bonchev–Trinajstić information content (AvgIpc) is 2.84. The highest BCUT2D eigenvalue weighted by molar-refractivity contribution is 5.60. The van der Waals surface area contributed by atoms with Crippen molar-refractivity contribution in [3.63, 3.8) is 0 Å². The molecule has 5 heteroatoms. The fraction of sp³-hybridized carbons (Fsp3) is 0.308. The normalized spacial score (nSPS) is 13.8. The first-order valence-corrected chi connectivity index (χ1v) is 5.99. The van der Waals surface area contributed by atoms with Crippen LogP contribution in [0.3, 0.4) is 0 Å². The van der Waals surface area contributed by atoms with E-state index in [-0.39, 0.29) is 0 Å². The third-order valence-electron chi connectivity index (χ3n) is 3.16. The molecule has 0 N–H and O–H groups in total. The molecular formula is C13H12N4O. The molecule has 5 nitrogen and oxygen atoms in total. The highest BCUT2D eigenvalue weighted by atomic mass is 16.1. The van der Waals surface area contributed by atoms with Crippen molar-refractivity contribution in [2.24, 2.45) is 4.99 Å². The Hall–Kier alpha value is -2.26. The monoisotopic (exact) mass is 240 g/mol. The number of aryl methyl sites for hydroxylation is 1. The van der Waals surface area contributed by atoms with Crippen molar-refractivity contribution in [2.75, 3.05) is 0 Å². The van der Waals surface area contributed by atoms with Crippen LogP contribution in [0.25, 0.3) is 11.4 Å². The van der Waals surface area contributed by atoms with Crippen molar-refractivity contribution in [1.82, 2.24) is 14.8 Å². The van der Waals surface area contributed by atoms with Crippen molar-refractivity contribution in [1.29, 1.82) is 0 Å². The number of rotatable bonds is 2. The van der Waals surface area contributed by atoms with Gasteiger partial charge in [0.2, 0.25) is 6.08 Å². The van der Waals surface area contributed by atoms with Crippen molar-refractivity contribution < 1.29 is 4.79 Å². The molecule has 0 radical (unpaired) electrons. The summed E-state index contributed by atoms with van der Waals surface area (Å²) in [5.41, 5.74) is 1.60.